The van der Waals surface area contributed by atoms with Gasteiger partial charge in [-0.05, 0) is 34.7 Å². The van der Waals surface area contributed by atoms with Crippen molar-refractivity contribution in [1.29, 1.82) is 0 Å². The fraction of sp³-hybridized carbons (Fsp3) is 0. The van der Waals surface area contributed by atoms with Crippen molar-refractivity contribution < 1.29 is 4.92 Å². The highest BCUT2D eigenvalue weighted by molar-refractivity contribution is 14.1. The maximum atomic E-state index is 10.9. The number of para-hydroxylation sites is 1. The van der Waals surface area contributed by atoms with Gasteiger partial charge >= 0.3 is 0 Å². The first-order valence-electron chi connectivity index (χ1n) is 4.68. The van der Waals surface area contributed by atoms with Crippen LogP contribution in [-0.4, -0.2) is 4.92 Å². The number of nitrogens with zero attached hydrogens (tertiary/aromatic N) is 1. The minimum absolute atomic E-state index is 0.145. The van der Waals surface area contributed by atoms with Gasteiger partial charge in [-0.3, -0.25) is 10.1 Å². The Balaban J connectivity index is 2.65. The van der Waals surface area contributed by atoms with E-state index in [0.29, 0.717) is 5.56 Å². The molecule has 16 heavy (non-hydrogen) atoms. The summed E-state index contributed by atoms with van der Waals surface area (Å²) in [5, 5.41) is 10.9. The van der Waals surface area contributed by atoms with Gasteiger partial charge in [-0.15, -0.1) is 0 Å². The molecular weight excluding hydrogens is 317 g/mol. The lowest BCUT2D eigenvalue weighted by molar-refractivity contribution is -0.384. The second-order valence-corrected chi connectivity index (χ2v) is 4.42. The summed E-state index contributed by atoms with van der Waals surface area (Å²) in [6.45, 7) is 0. The summed E-state index contributed by atoms with van der Waals surface area (Å²) in [5.74, 6) is 0. The summed E-state index contributed by atoms with van der Waals surface area (Å²) in [4.78, 5) is 10.6. The number of halogens is 1. The number of nitro groups is 1. The third-order valence-corrected chi connectivity index (χ3v) is 3.21. The average molecular weight is 325 g/mol. The lowest BCUT2D eigenvalue weighted by atomic mass is 10.0. The Bertz CT molecular complexity index is 540. The number of rotatable bonds is 2. The van der Waals surface area contributed by atoms with Crippen LogP contribution in [0.2, 0.25) is 0 Å². The fourth-order valence-electron chi connectivity index (χ4n) is 1.54. The van der Waals surface area contributed by atoms with Crippen molar-refractivity contribution in [1.82, 2.24) is 0 Å². The van der Waals surface area contributed by atoms with E-state index in [-0.39, 0.29) is 10.6 Å². The van der Waals surface area contributed by atoms with E-state index in [9.17, 15) is 10.1 Å². The third-order valence-electron chi connectivity index (χ3n) is 2.26. The van der Waals surface area contributed by atoms with Crippen molar-refractivity contribution in [2.45, 2.75) is 0 Å². The summed E-state index contributed by atoms with van der Waals surface area (Å²) in [7, 11) is 0. The van der Waals surface area contributed by atoms with Gasteiger partial charge in [0.2, 0.25) is 0 Å². The number of nitro benzene ring substituents is 1. The monoisotopic (exact) mass is 325 g/mol. The SMILES string of the molecule is O=[N+]([O-])c1ccccc1-c1ccccc1I. The Hall–Kier alpha value is -1.43. The molecule has 0 bridgehead atoms. The molecule has 0 heterocycles. The van der Waals surface area contributed by atoms with Crippen LogP contribution in [0.1, 0.15) is 0 Å². The Labute approximate surface area is 106 Å². The van der Waals surface area contributed by atoms with Gasteiger partial charge in [-0.2, -0.15) is 0 Å². The van der Waals surface area contributed by atoms with Crippen LogP contribution in [0.4, 0.5) is 5.69 Å². The number of hydrogen-bond acceptors (Lipinski definition) is 2. The molecule has 0 aliphatic carbocycles. The molecule has 0 aromatic heterocycles. The quantitative estimate of drug-likeness (QED) is 0.478. The number of benzene rings is 2. The Morgan fingerprint density at radius 3 is 2.12 bits per heavy atom. The molecule has 80 valence electrons. The van der Waals surface area contributed by atoms with E-state index in [1.807, 2.05) is 30.3 Å². The highest BCUT2D eigenvalue weighted by Crippen LogP contribution is 2.32. The van der Waals surface area contributed by atoms with Gasteiger partial charge in [0.05, 0.1) is 10.5 Å². The van der Waals surface area contributed by atoms with Crippen LogP contribution in [0.25, 0.3) is 11.1 Å². The zero-order valence-corrected chi connectivity index (χ0v) is 10.4. The van der Waals surface area contributed by atoms with Crippen molar-refractivity contribution in [3.05, 3.63) is 62.2 Å². The second-order valence-electron chi connectivity index (χ2n) is 3.25. The van der Waals surface area contributed by atoms with Crippen LogP contribution in [0.15, 0.2) is 48.5 Å². The first kappa shape index (κ1) is 11.1. The first-order chi connectivity index (χ1) is 7.70. The van der Waals surface area contributed by atoms with Gasteiger partial charge in [-0.1, -0.05) is 30.3 Å². The Morgan fingerprint density at radius 1 is 0.938 bits per heavy atom. The summed E-state index contributed by atoms with van der Waals surface area (Å²) in [6, 6.07) is 14.4. The third kappa shape index (κ3) is 2.06. The average Bonchev–Trinajstić information content (AvgIpc) is 2.29. The molecule has 0 N–H and O–H groups in total. The lowest BCUT2D eigenvalue weighted by Gasteiger charge is -2.04. The maximum absolute atomic E-state index is 10.9. The van der Waals surface area contributed by atoms with Crippen molar-refractivity contribution in [3.8, 4) is 11.1 Å². The normalized spacial score (nSPS) is 10.1. The molecule has 0 fully saturated rings. The summed E-state index contributed by atoms with van der Waals surface area (Å²) >= 11 is 2.18. The summed E-state index contributed by atoms with van der Waals surface area (Å²) < 4.78 is 1.01. The Morgan fingerprint density at radius 2 is 1.50 bits per heavy atom. The highest BCUT2D eigenvalue weighted by atomic mass is 127. The molecule has 3 nitrogen and oxygen atoms in total. The highest BCUT2D eigenvalue weighted by Gasteiger charge is 2.15. The van der Waals surface area contributed by atoms with Crippen LogP contribution in [-0.2, 0) is 0 Å². The van der Waals surface area contributed by atoms with E-state index in [2.05, 4.69) is 22.6 Å². The summed E-state index contributed by atoms with van der Waals surface area (Å²) in [5.41, 5.74) is 1.71. The van der Waals surface area contributed by atoms with E-state index in [1.54, 1.807) is 12.1 Å². The van der Waals surface area contributed by atoms with Crippen LogP contribution in [0.5, 0.6) is 0 Å². The van der Waals surface area contributed by atoms with Crippen molar-refractivity contribution in [3.63, 3.8) is 0 Å². The smallest absolute Gasteiger partial charge is 0.258 e. The van der Waals surface area contributed by atoms with E-state index in [0.717, 1.165) is 9.13 Å². The van der Waals surface area contributed by atoms with Crippen molar-refractivity contribution in [2.24, 2.45) is 0 Å². The van der Waals surface area contributed by atoms with Crippen LogP contribution in [0.3, 0.4) is 0 Å². The summed E-state index contributed by atoms with van der Waals surface area (Å²) in [6.07, 6.45) is 0. The van der Waals surface area contributed by atoms with E-state index in [1.165, 1.54) is 6.07 Å². The maximum Gasteiger partial charge on any atom is 0.277 e. The molecule has 2 rings (SSSR count). The van der Waals surface area contributed by atoms with Gasteiger partial charge in [0.25, 0.3) is 5.69 Å². The molecule has 0 aliphatic rings. The van der Waals surface area contributed by atoms with E-state index < -0.39 is 0 Å². The molecule has 0 saturated heterocycles. The van der Waals surface area contributed by atoms with Gasteiger partial charge in [0.15, 0.2) is 0 Å². The van der Waals surface area contributed by atoms with Crippen molar-refractivity contribution in [2.75, 3.05) is 0 Å². The largest absolute Gasteiger partial charge is 0.277 e. The van der Waals surface area contributed by atoms with Gasteiger partial charge in [0.1, 0.15) is 0 Å². The molecule has 0 spiro atoms. The van der Waals surface area contributed by atoms with Crippen molar-refractivity contribution >= 4 is 28.3 Å². The van der Waals surface area contributed by atoms with Gasteiger partial charge < -0.3 is 0 Å². The standard InChI is InChI=1S/C12H8INO2/c13-11-7-3-1-5-9(11)10-6-2-4-8-12(10)14(15)16/h1-8H. The van der Waals surface area contributed by atoms with Crippen LogP contribution >= 0.6 is 22.6 Å². The molecule has 4 heteroatoms. The number of hydrogen-bond donors (Lipinski definition) is 0. The van der Waals surface area contributed by atoms with Gasteiger partial charge in [-0.25, -0.2) is 0 Å². The molecule has 0 unspecified atom stereocenters. The molecule has 0 saturated carbocycles. The van der Waals surface area contributed by atoms with Crippen LogP contribution < -0.4 is 0 Å². The molecule has 2 aromatic carbocycles. The zero-order valence-electron chi connectivity index (χ0n) is 8.26. The Kier molecular flexibility index (Phi) is 3.19. The van der Waals surface area contributed by atoms with Crippen LogP contribution in [0, 0.1) is 13.7 Å². The molecule has 0 atom stereocenters. The molecule has 2 aromatic rings. The molecular formula is C12H8INO2. The predicted molar refractivity (Wildman–Crippen MR) is 71.2 cm³/mol. The second kappa shape index (κ2) is 4.61. The molecule has 0 amide bonds. The predicted octanol–water partition coefficient (Wildman–Crippen LogP) is 3.87. The molecule has 0 aliphatic heterocycles. The lowest BCUT2D eigenvalue weighted by Crippen LogP contribution is -1.92. The molecule has 0 radical (unpaired) electrons. The van der Waals surface area contributed by atoms with Gasteiger partial charge in [0, 0.05) is 15.2 Å². The fourth-order valence-corrected chi connectivity index (χ4v) is 2.22. The van der Waals surface area contributed by atoms with E-state index in [4.69, 9.17) is 0 Å². The first-order valence-corrected chi connectivity index (χ1v) is 5.76. The minimum atomic E-state index is -0.349. The minimum Gasteiger partial charge on any atom is -0.258 e. The zero-order chi connectivity index (χ0) is 11.5. The van der Waals surface area contributed by atoms with E-state index >= 15 is 0 Å². The topological polar surface area (TPSA) is 43.1 Å².